The molecule has 0 spiro atoms. The van der Waals surface area contributed by atoms with Crippen molar-refractivity contribution in [3.63, 3.8) is 0 Å². The fourth-order valence-electron chi connectivity index (χ4n) is 6.26. The van der Waals surface area contributed by atoms with Crippen LogP contribution in [0.1, 0.15) is 74.1 Å². The van der Waals surface area contributed by atoms with Gasteiger partial charge in [0.15, 0.2) is 11.7 Å². The molecule has 3 rings (SSSR count). The van der Waals surface area contributed by atoms with Crippen molar-refractivity contribution in [3.8, 4) is 0 Å². The first kappa shape index (κ1) is 25.8. The average molecular weight is 465 g/mol. The zero-order valence-corrected chi connectivity index (χ0v) is 20.3. The predicted molar refractivity (Wildman–Crippen MR) is 113 cm³/mol. The van der Waals surface area contributed by atoms with Crippen molar-refractivity contribution in [3.05, 3.63) is 0 Å². The molecule has 8 unspecified atom stereocenters. The number of halogens is 3. The molecule has 8 atom stereocenters. The monoisotopic (exact) mass is 464 g/mol. The molecule has 0 aromatic carbocycles. The van der Waals surface area contributed by atoms with Crippen molar-refractivity contribution in [2.45, 2.75) is 105 Å². The Balaban J connectivity index is 1.94. The fraction of sp³-hybridized carbons (Fsp3) is 0.958. The van der Waals surface area contributed by atoms with Gasteiger partial charge in [-0.15, -0.1) is 0 Å². The van der Waals surface area contributed by atoms with E-state index >= 15 is 0 Å². The van der Waals surface area contributed by atoms with Crippen LogP contribution < -0.4 is 0 Å². The average Bonchev–Trinajstić information content (AvgIpc) is 2.84. The molecule has 3 aliphatic rings. The maximum atomic E-state index is 14.7. The Morgan fingerprint density at radius 2 is 1.66 bits per heavy atom. The Kier molecular flexibility index (Phi) is 6.78. The zero-order valence-electron chi connectivity index (χ0n) is 20.3. The highest BCUT2D eigenvalue weighted by Gasteiger charge is 2.71. The lowest BCUT2D eigenvalue weighted by Crippen LogP contribution is -2.63. The van der Waals surface area contributed by atoms with E-state index in [2.05, 4.69) is 0 Å². The van der Waals surface area contributed by atoms with Gasteiger partial charge in [-0.3, -0.25) is 4.79 Å². The Bertz CT molecular complexity index is 704. The molecule has 2 aliphatic heterocycles. The maximum absolute atomic E-state index is 14.7. The summed E-state index contributed by atoms with van der Waals surface area (Å²) in [5.74, 6) is -1.41. The number of aliphatic hydroxyl groups is 1. The molecule has 8 heteroatoms. The first-order chi connectivity index (χ1) is 14.6. The third kappa shape index (κ3) is 3.88. The van der Waals surface area contributed by atoms with Crippen LogP contribution in [-0.4, -0.2) is 48.5 Å². The number of fused-ring (bicyclic) bond motifs is 2. The predicted octanol–water partition coefficient (Wildman–Crippen LogP) is 5.10. The van der Waals surface area contributed by atoms with Gasteiger partial charge in [0.05, 0.1) is 6.10 Å². The molecule has 0 amide bonds. The second-order valence-corrected chi connectivity index (χ2v) is 11.5. The number of rotatable bonds is 5. The lowest BCUT2D eigenvalue weighted by atomic mass is 9.50. The van der Waals surface area contributed by atoms with Crippen molar-refractivity contribution in [2.75, 3.05) is 6.61 Å². The van der Waals surface area contributed by atoms with Crippen LogP contribution in [0.5, 0.6) is 0 Å². The molecule has 1 N–H and O–H groups in total. The molecule has 2 bridgehead atoms. The van der Waals surface area contributed by atoms with Crippen molar-refractivity contribution in [1.29, 1.82) is 0 Å². The molecule has 1 saturated carbocycles. The van der Waals surface area contributed by atoms with Gasteiger partial charge in [-0.25, -0.2) is 0 Å². The summed E-state index contributed by atoms with van der Waals surface area (Å²) in [7, 11) is 0. The minimum atomic E-state index is -4.83. The number of hydrogen-bond acceptors (Lipinski definition) is 5. The van der Waals surface area contributed by atoms with Crippen LogP contribution in [0.2, 0.25) is 0 Å². The highest BCUT2D eigenvalue weighted by Crippen LogP contribution is 2.62. The van der Waals surface area contributed by atoms with Crippen LogP contribution in [-0.2, 0) is 19.0 Å². The Labute approximate surface area is 189 Å². The van der Waals surface area contributed by atoms with Gasteiger partial charge >= 0.3 is 12.1 Å². The van der Waals surface area contributed by atoms with E-state index in [0.29, 0.717) is 13.0 Å². The Morgan fingerprint density at radius 1 is 1.03 bits per heavy atom. The number of aliphatic hydroxyl groups excluding tert-OH is 1. The van der Waals surface area contributed by atoms with Crippen molar-refractivity contribution < 1.29 is 37.3 Å². The van der Waals surface area contributed by atoms with Crippen LogP contribution in [0, 0.1) is 34.0 Å². The second kappa shape index (κ2) is 8.42. The molecule has 0 aromatic heterocycles. The van der Waals surface area contributed by atoms with Crippen LogP contribution in [0.25, 0.3) is 0 Å². The summed E-state index contributed by atoms with van der Waals surface area (Å²) in [4.78, 5) is 13.4. The summed E-state index contributed by atoms with van der Waals surface area (Å²) in [6, 6.07) is 0. The van der Waals surface area contributed by atoms with Gasteiger partial charge in [-0.1, -0.05) is 41.5 Å². The fourth-order valence-corrected chi connectivity index (χ4v) is 6.26. The summed E-state index contributed by atoms with van der Waals surface area (Å²) < 4.78 is 61.4. The lowest BCUT2D eigenvalue weighted by Gasteiger charge is -2.56. The molecular weight excluding hydrogens is 425 g/mol. The van der Waals surface area contributed by atoms with E-state index < -0.39 is 53.0 Å². The normalized spacial score (nSPS) is 38.3. The Hall–Kier alpha value is -0.860. The first-order valence-corrected chi connectivity index (χ1v) is 11.8. The standard InChI is InChI=1S/C24H39F3O5/c1-13-9-8-10-30-19(13)21(3,4)22(5,6)23(7,24(25,26)27)20(29)32-18-15-11-14(2)17(18)31-16(28)12-15/h13-19,28H,8-12H2,1-7H3. The first-order valence-electron chi connectivity index (χ1n) is 11.8. The zero-order chi connectivity index (χ0) is 24.3. The molecule has 186 valence electrons. The third-order valence-electron chi connectivity index (χ3n) is 9.25. The second-order valence-electron chi connectivity index (χ2n) is 11.5. The van der Waals surface area contributed by atoms with Crippen molar-refractivity contribution >= 4 is 5.97 Å². The van der Waals surface area contributed by atoms with Gasteiger partial charge in [0.1, 0.15) is 12.2 Å². The van der Waals surface area contributed by atoms with Gasteiger partial charge in [-0.2, -0.15) is 13.2 Å². The SMILES string of the molecule is CC1CC2CC(O)OC1C2OC(=O)C(C)(C(F)(F)F)C(C)(C)C(C)(C)C1OCCCC1C. The van der Waals surface area contributed by atoms with Crippen LogP contribution in [0.4, 0.5) is 13.2 Å². The quantitative estimate of drug-likeness (QED) is 0.574. The molecule has 3 fully saturated rings. The lowest BCUT2D eigenvalue weighted by molar-refractivity contribution is -0.291. The summed E-state index contributed by atoms with van der Waals surface area (Å²) in [5.41, 5.74) is -5.27. The van der Waals surface area contributed by atoms with E-state index in [1.165, 1.54) is 13.8 Å². The number of carbonyl (C=O) groups excluding carboxylic acids is 1. The van der Waals surface area contributed by atoms with Gasteiger partial charge in [0.25, 0.3) is 0 Å². The highest BCUT2D eigenvalue weighted by molar-refractivity contribution is 5.79. The summed E-state index contributed by atoms with van der Waals surface area (Å²) in [6.07, 6.45) is -4.95. The van der Waals surface area contributed by atoms with Crippen LogP contribution >= 0.6 is 0 Å². The minimum absolute atomic E-state index is 0.00645. The molecule has 2 saturated heterocycles. The van der Waals surface area contributed by atoms with E-state index in [9.17, 15) is 23.1 Å². The number of alkyl halides is 3. The smallest absolute Gasteiger partial charge is 0.405 e. The number of carbonyl (C=O) groups is 1. The minimum Gasteiger partial charge on any atom is -0.459 e. The van der Waals surface area contributed by atoms with E-state index in [1.54, 1.807) is 13.8 Å². The number of ether oxygens (including phenoxy) is 3. The molecular formula is C24H39F3O5. The van der Waals surface area contributed by atoms with Gasteiger partial charge in [0.2, 0.25) is 0 Å². The molecule has 0 radical (unpaired) electrons. The van der Waals surface area contributed by atoms with Gasteiger partial charge in [0, 0.05) is 18.9 Å². The molecule has 32 heavy (non-hydrogen) atoms. The van der Waals surface area contributed by atoms with Crippen LogP contribution in [0.3, 0.4) is 0 Å². The van der Waals surface area contributed by atoms with Crippen molar-refractivity contribution in [2.24, 2.45) is 34.0 Å². The van der Waals surface area contributed by atoms with E-state index in [0.717, 1.165) is 19.8 Å². The van der Waals surface area contributed by atoms with E-state index in [1.807, 2.05) is 13.8 Å². The van der Waals surface area contributed by atoms with E-state index in [-0.39, 0.29) is 24.2 Å². The van der Waals surface area contributed by atoms with E-state index in [4.69, 9.17) is 14.2 Å². The molecule has 5 nitrogen and oxygen atoms in total. The van der Waals surface area contributed by atoms with Crippen LogP contribution in [0.15, 0.2) is 0 Å². The topological polar surface area (TPSA) is 65.0 Å². The number of hydrogen-bond donors (Lipinski definition) is 1. The maximum Gasteiger partial charge on any atom is 0.405 e. The number of esters is 1. The van der Waals surface area contributed by atoms with Gasteiger partial charge in [-0.05, 0) is 48.9 Å². The molecule has 0 aromatic rings. The highest BCUT2D eigenvalue weighted by atomic mass is 19.4. The summed E-state index contributed by atoms with van der Waals surface area (Å²) in [6.45, 7) is 11.9. The van der Waals surface area contributed by atoms with Crippen molar-refractivity contribution in [1.82, 2.24) is 0 Å². The largest absolute Gasteiger partial charge is 0.459 e. The molecule has 1 aliphatic carbocycles. The Morgan fingerprint density at radius 3 is 2.19 bits per heavy atom. The van der Waals surface area contributed by atoms with Gasteiger partial charge < -0.3 is 19.3 Å². The third-order valence-corrected chi connectivity index (χ3v) is 9.25. The molecule has 2 heterocycles. The summed E-state index contributed by atoms with van der Waals surface area (Å²) in [5, 5.41) is 9.90. The summed E-state index contributed by atoms with van der Waals surface area (Å²) >= 11 is 0.